The lowest BCUT2D eigenvalue weighted by Crippen LogP contribution is -2.53. The number of nitrogens with one attached hydrogen (secondary N) is 1. The molecule has 0 aliphatic heterocycles. The van der Waals surface area contributed by atoms with Gasteiger partial charge in [0, 0.05) is 19.1 Å². The van der Waals surface area contributed by atoms with Crippen LogP contribution in [0.1, 0.15) is 52.7 Å². The van der Waals surface area contributed by atoms with Gasteiger partial charge in [0.25, 0.3) is 0 Å². The summed E-state index contributed by atoms with van der Waals surface area (Å²) < 4.78 is 11.6. The molecule has 0 amide bonds. The summed E-state index contributed by atoms with van der Waals surface area (Å²) >= 11 is 0. The Morgan fingerprint density at radius 2 is 2.00 bits per heavy atom. The average molecular weight is 267 g/mol. The molecule has 1 heterocycles. The van der Waals surface area contributed by atoms with Gasteiger partial charge in [0.2, 0.25) is 0 Å². The monoisotopic (exact) mass is 267 g/mol. The Balaban J connectivity index is 2.84. The van der Waals surface area contributed by atoms with E-state index in [2.05, 4.69) is 33.0 Å². The lowest BCUT2D eigenvalue weighted by Gasteiger charge is -2.39. The van der Waals surface area contributed by atoms with Crippen LogP contribution in [0.25, 0.3) is 0 Å². The molecule has 110 valence electrons. The van der Waals surface area contributed by atoms with Crippen molar-refractivity contribution in [2.45, 2.75) is 65.0 Å². The Labute approximate surface area is 117 Å². The Kier molecular flexibility index (Phi) is 7.17. The third-order valence-electron chi connectivity index (χ3n) is 3.89. The minimum Gasteiger partial charge on any atom is -0.469 e. The van der Waals surface area contributed by atoms with Crippen molar-refractivity contribution in [3.63, 3.8) is 0 Å². The number of hydrogen-bond donors (Lipinski definition) is 1. The van der Waals surface area contributed by atoms with Gasteiger partial charge in [0.05, 0.1) is 11.9 Å². The fraction of sp³-hybridized carbons (Fsp3) is 0.750. The molecule has 0 radical (unpaired) electrons. The fourth-order valence-electron chi connectivity index (χ4n) is 2.73. The van der Waals surface area contributed by atoms with E-state index in [9.17, 15) is 0 Å². The third kappa shape index (κ3) is 4.36. The first-order valence-corrected chi connectivity index (χ1v) is 7.62. The van der Waals surface area contributed by atoms with Crippen LogP contribution in [0.3, 0.4) is 0 Å². The molecular formula is C16H29NO2. The van der Waals surface area contributed by atoms with Crippen LogP contribution in [0.15, 0.2) is 22.8 Å². The van der Waals surface area contributed by atoms with E-state index >= 15 is 0 Å². The van der Waals surface area contributed by atoms with Crippen molar-refractivity contribution in [3.8, 4) is 0 Å². The molecule has 1 N–H and O–H groups in total. The Morgan fingerprint density at radius 3 is 2.47 bits per heavy atom. The molecule has 3 heteroatoms. The van der Waals surface area contributed by atoms with Crippen molar-refractivity contribution in [2.75, 3.05) is 13.2 Å². The average Bonchev–Trinajstić information content (AvgIpc) is 2.94. The molecular weight excluding hydrogens is 238 g/mol. The summed E-state index contributed by atoms with van der Waals surface area (Å²) in [6.45, 7) is 10.5. The molecule has 1 atom stereocenters. The predicted molar refractivity (Wildman–Crippen MR) is 79.4 cm³/mol. The Hall–Kier alpha value is -0.800. The van der Waals surface area contributed by atoms with Crippen molar-refractivity contribution in [1.82, 2.24) is 5.32 Å². The molecule has 3 nitrogen and oxygen atoms in total. The summed E-state index contributed by atoms with van der Waals surface area (Å²) in [6, 6.07) is 4.29. The van der Waals surface area contributed by atoms with Gasteiger partial charge >= 0.3 is 0 Å². The van der Waals surface area contributed by atoms with E-state index in [0.29, 0.717) is 6.04 Å². The number of ether oxygens (including phenoxy) is 1. The van der Waals surface area contributed by atoms with Crippen LogP contribution in [0.2, 0.25) is 0 Å². The highest BCUT2D eigenvalue weighted by molar-refractivity contribution is 5.05. The summed E-state index contributed by atoms with van der Waals surface area (Å²) in [4.78, 5) is 0. The summed E-state index contributed by atoms with van der Waals surface area (Å²) in [6.07, 6.45) is 5.78. The quantitative estimate of drug-likeness (QED) is 0.700. The Bertz CT molecular complexity index is 317. The van der Waals surface area contributed by atoms with Crippen LogP contribution in [0, 0.1) is 0 Å². The SMILES string of the molecule is CCCNC(Cc1ccco1)C(CC)(CC)OCC. The highest BCUT2D eigenvalue weighted by Gasteiger charge is 2.36. The van der Waals surface area contributed by atoms with Crippen LogP contribution in [-0.4, -0.2) is 24.8 Å². The normalized spacial score (nSPS) is 13.7. The maximum absolute atomic E-state index is 6.13. The van der Waals surface area contributed by atoms with Crippen molar-refractivity contribution >= 4 is 0 Å². The first-order chi connectivity index (χ1) is 9.22. The molecule has 0 bridgehead atoms. The second-order valence-corrected chi connectivity index (χ2v) is 5.00. The van der Waals surface area contributed by atoms with Gasteiger partial charge in [-0.05, 0) is 44.9 Å². The first kappa shape index (κ1) is 16.3. The zero-order valence-electron chi connectivity index (χ0n) is 12.9. The summed E-state index contributed by atoms with van der Waals surface area (Å²) in [5, 5.41) is 3.65. The maximum Gasteiger partial charge on any atom is 0.105 e. The van der Waals surface area contributed by atoms with Crippen molar-refractivity contribution in [2.24, 2.45) is 0 Å². The maximum atomic E-state index is 6.13. The van der Waals surface area contributed by atoms with Gasteiger partial charge in [0.1, 0.15) is 5.76 Å². The van der Waals surface area contributed by atoms with Crippen LogP contribution in [0.5, 0.6) is 0 Å². The highest BCUT2D eigenvalue weighted by Crippen LogP contribution is 2.27. The molecule has 0 saturated carbocycles. The molecule has 1 rings (SSSR count). The van der Waals surface area contributed by atoms with Gasteiger partial charge in [-0.25, -0.2) is 0 Å². The van der Waals surface area contributed by atoms with Gasteiger partial charge in [-0.15, -0.1) is 0 Å². The minimum atomic E-state index is -0.100. The van der Waals surface area contributed by atoms with E-state index in [4.69, 9.17) is 9.15 Å². The molecule has 0 aliphatic rings. The lowest BCUT2D eigenvalue weighted by atomic mass is 9.85. The van der Waals surface area contributed by atoms with Crippen LogP contribution < -0.4 is 5.32 Å². The summed E-state index contributed by atoms with van der Waals surface area (Å²) in [7, 11) is 0. The van der Waals surface area contributed by atoms with Gasteiger partial charge in [-0.2, -0.15) is 0 Å². The molecule has 19 heavy (non-hydrogen) atoms. The molecule has 0 fully saturated rings. The zero-order valence-corrected chi connectivity index (χ0v) is 12.9. The number of furan rings is 1. The van der Waals surface area contributed by atoms with E-state index in [1.807, 2.05) is 12.1 Å². The van der Waals surface area contributed by atoms with Crippen molar-refractivity contribution in [3.05, 3.63) is 24.2 Å². The van der Waals surface area contributed by atoms with Gasteiger partial charge < -0.3 is 14.5 Å². The molecule has 1 aromatic heterocycles. The van der Waals surface area contributed by atoms with Gasteiger partial charge in [-0.3, -0.25) is 0 Å². The second-order valence-electron chi connectivity index (χ2n) is 5.00. The van der Waals surface area contributed by atoms with Crippen molar-refractivity contribution in [1.29, 1.82) is 0 Å². The van der Waals surface area contributed by atoms with E-state index < -0.39 is 0 Å². The Morgan fingerprint density at radius 1 is 1.26 bits per heavy atom. The molecule has 1 unspecified atom stereocenters. The molecule has 0 aliphatic carbocycles. The third-order valence-corrected chi connectivity index (χ3v) is 3.89. The second kappa shape index (κ2) is 8.39. The van der Waals surface area contributed by atoms with E-state index in [1.54, 1.807) is 6.26 Å². The molecule has 0 saturated heterocycles. The van der Waals surface area contributed by atoms with Gasteiger partial charge in [0.15, 0.2) is 0 Å². The van der Waals surface area contributed by atoms with Crippen LogP contribution in [0.4, 0.5) is 0 Å². The van der Waals surface area contributed by atoms with Crippen molar-refractivity contribution < 1.29 is 9.15 Å². The smallest absolute Gasteiger partial charge is 0.105 e. The van der Waals surface area contributed by atoms with Crippen LogP contribution >= 0.6 is 0 Å². The van der Waals surface area contributed by atoms with E-state index in [0.717, 1.165) is 44.6 Å². The minimum absolute atomic E-state index is 0.100. The highest BCUT2D eigenvalue weighted by atomic mass is 16.5. The standard InChI is InChI=1S/C16H29NO2/c1-5-11-17-15(13-14-10-9-12-18-14)16(6-2,7-3)19-8-4/h9-10,12,15,17H,5-8,11,13H2,1-4H3. The largest absolute Gasteiger partial charge is 0.469 e. The molecule has 1 aromatic rings. The molecule has 0 spiro atoms. The number of rotatable bonds is 10. The van der Waals surface area contributed by atoms with Crippen LogP contribution in [-0.2, 0) is 11.2 Å². The number of hydrogen-bond acceptors (Lipinski definition) is 3. The summed E-state index contributed by atoms with van der Waals surface area (Å²) in [5.74, 6) is 1.03. The lowest BCUT2D eigenvalue weighted by molar-refractivity contribution is -0.0726. The first-order valence-electron chi connectivity index (χ1n) is 7.62. The fourth-order valence-corrected chi connectivity index (χ4v) is 2.73. The topological polar surface area (TPSA) is 34.4 Å². The van der Waals surface area contributed by atoms with E-state index in [-0.39, 0.29) is 5.60 Å². The zero-order chi connectivity index (χ0) is 14.1. The van der Waals surface area contributed by atoms with E-state index in [1.165, 1.54) is 0 Å². The summed E-state index contributed by atoms with van der Waals surface area (Å²) in [5.41, 5.74) is -0.100. The molecule has 0 aromatic carbocycles. The van der Waals surface area contributed by atoms with Gasteiger partial charge in [-0.1, -0.05) is 20.8 Å². The predicted octanol–water partition coefficient (Wildman–Crippen LogP) is 3.79.